The minimum atomic E-state index is 0.459. The summed E-state index contributed by atoms with van der Waals surface area (Å²) in [5, 5.41) is 0. The predicted molar refractivity (Wildman–Crippen MR) is 70.1 cm³/mol. The van der Waals surface area contributed by atoms with Crippen LogP contribution in [0.2, 0.25) is 0 Å². The number of hydrogen-bond acceptors (Lipinski definition) is 1. The molecular weight excluding hydrogens is 287 g/mol. The van der Waals surface area contributed by atoms with Crippen LogP contribution in [0.5, 0.6) is 0 Å². The van der Waals surface area contributed by atoms with Crippen molar-refractivity contribution in [3.8, 4) is 0 Å². The molecule has 1 rings (SSSR count). The molecule has 0 aliphatic heterocycles. The molecule has 1 fully saturated rings. The van der Waals surface area contributed by atoms with E-state index in [2.05, 4.69) is 36.4 Å². The maximum absolute atomic E-state index is 6.12. The number of halogens is 1. The Kier molecular flexibility index (Phi) is 6.42. The van der Waals surface area contributed by atoms with Crippen molar-refractivity contribution in [2.45, 2.75) is 74.9 Å². The largest absolute Gasteiger partial charge is 0.374 e. The fourth-order valence-corrected chi connectivity index (χ4v) is 3.12. The van der Waals surface area contributed by atoms with E-state index in [1.807, 2.05) is 0 Å². The highest BCUT2D eigenvalue weighted by Gasteiger charge is 2.23. The van der Waals surface area contributed by atoms with E-state index in [0.29, 0.717) is 12.2 Å². The van der Waals surface area contributed by atoms with Crippen LogP contribution < -0.4 is 0 Å². The number of alkyl halides is 1. The molecule has 3 atom stereocenters. The van der Waals surface area contributed by atoms with E-state index in [9.17, 15) is 0 Å². The van der Waals surface area contributed by atoms with Crippen LogP contribution >= 0.6 is 22.6 Å². The van der Waals surface area contributed by atoms with Gasteiger partial charge in [0.05, 0.1) is 12.2 Å². The standard InChI is InChI=1S/C12H23IO/c1-3-7-10(2)14-12-9-6-4-5-8-11(12)13/h10-12H,3-9H2,1-2H3. The normalized spacial score (nSPS) is 31.1. The Bertz CT molecular complexity index is 149. The maximum atomic E-state index is 6.12. The fraction of sp³-hybridized carbons (Fsp3) is 1.00. The summed E-state index contributed by atoms with van der Waals surface area (Å²) < 4.78 is 6.86. The highest BCUT2D eigenvalue weighted by molar-refractivity contribution is 14.1. The lowest BCUT2D eigenvalue weighted by Crippen LogP contribution is -2.27. The third kappa shape index (κ3) is 4.47. The Hall–Kier alpha value is 0.690. The molecule has 0 saturated heterocycles. The van der Waals surface area contributed by atoms with E-state index in [-0.39, 0.29) is 0 Å². The molecule has 0 aromatic carbocycles. The zero-order chi connectivity index (χ0) is 10.4. The molecule has 1 saturated carbocycles. The minimum absolute atomic E-state index is 0.459. The Morgan fingerprint density at radius 3 is 2.71 bits per heavy atom. The van der Waals surface area contributed by atoms with Gasteiger partial charge in [0.2, 0.25) is 0 Å². The van der Waals surface area contributed by atoms with Gasteiger partial charge in [-0.3, -0.25) is 0 Å². The van der Waals surface area contributed by atoms with Crippen LogP contribution in [0, 0.1) is 0 Å². The van der Waals surface area contributed by atoms with Gasteiger partial charge in [-0.1, -0.05) is 55.2 Å². The molecule has 3 unspecified atom stereocenters. The van der Waals surface area contributed by atoms with Gasteiger partial charge in [0.1, 0.15) is 0 Å². The van der Waals surface area contributed by atoms with Gasteiger partial charge < -0.3 is 4.74 Å². The topological polar surface area (TPSA) is 9.23 Å². The zero-order valence-corrected chi connectivity index (χ0v) is 11.6. The van der Waals surface area contributed by atoms with E-state index in [1.165, 1.54) is 44.9 Å². The van der Waals surface area contributed by atoms with Crippen LogP contribution in [0.1, 0.15) is 58.8 Å². The summed E-state index contributed by atoms with van der Waals surface area (Å²) in [6, 6.07) is 0. The lowest BCUT2D eigenvalue weighted by molar-refractivity contribution is -0.00805. The Morgan fingerprint density at radius 1 is 1.29 bits per heavy atom. The number of rotatable bonds is 4. The predicted octanol–water partition coefficient (Wildman–Crippen LogP) is 4.33. The third-order valence-corrected chi connectivity index (χ3v) is 4.40. The van der Waals surface area contributed by atoms with Gasteiger partial charge >= 0.3 is 0 Å². The van der Waals surface area contributed by atoms with Crippen molar-refractivity contribution in [3.05, 3.63) is 0 Å². The summed E-state index contributed by atoms with van der Waals surface area (Å²) in [5.41, 5.74) is 0. The van der Waals surface area contributed by atoms with Crippen molar-refractivity contribution in [3.63, 3.8) is 0 Å². The van der Waals surface area contributed by atoms with E-state index < -0.39 is 0 Å². The summed E-state index contributed by atoms with van der Waals surface area (Å²) in [4.78, 5) is 0. The summed E-state index contributed by atoms with van der Waals surface area (Å²) in [6.07, 6.45) is 10.2. The first-order chi connectivity index (χ1) is 6.74. The van der Waals surface area contributed by atoms with Gasteiger partial charge in [0.15, 0.2) is 0 Å². The van der Waals surface area contributed by atoms with Gasteiger partial charge in [0.25, 0.3) is 0 Å². The molecule has 0 bridgehead atoms. The maximum Gasteiger partial charge on any atom is 0.0696 e. The SMILES string of the molecule is CCCC(C)OC1CCCCCC1I. The molecule has 1 aliphatic rings. The van der Waals surface area contributed by atoms with Crippen LogP contribution in [0.4, 0.5) is 0 Å². The molecule has 0 aromatic rings. The number of hydrogen-bond donors (Lipinski definition) is 0. The quantitative estimate of drug-likeness (QED) is 0.427. The monoisotopic (exact) mass is 310 g/mol. The van der Waals surface area contributed by atoms with Gasteiger partial charge in [-0.15, -0.1) is 0 Å². The second-order valence-electron chi connectivity index (χ2n) is 4.43. The third-order valence-electron chi connectivity index (χ3n) is 2.97. The molecule has 0 N–H and O–H groups in total. The zero-order valence-electron chi connectivity index (χ0n) is 9.47. The van der Waals surface area contributed by atoms with Crippen LogP contribution in [-0.4, -0.2) is 16.1 Å². The summed E-state index contributed by atoms with van der Waals surface area (Å²) in [6.45, 7) is 4.45. The van der Waals surface area contributed by atoms with E-state index in [0.717, 1.165) is 3.92 Å². The lowest BCUT2D eigenvalue weighted by atomic mass is 10.1. The second-order valence-corrected chi connectivity index (χ2v) is 6.03. The molecule has 1 aliphatic carbocycles. The molecular formula is C12H23IO. The Morgan fingerprint density at radius 2 is 2.00 bits per heavy atom. The molecule has 0 spiro atoms. The Balaban J connectivity index is 2.32. The first kappa shape index (κ1) is 12.8. The van der Waals surface area contributed by atoms with Crippen LogP contribution in [0.25, 0.3) is 0 Å². The van der Waals surface area contributed by atoms with Crippen molar-refractivity contribution >= 4 is 22.6 Å². The molecule has 84 valence electrons. The highest BCUT2D eigenvalue weighted by Crippen LogP contribution is 2.27. The first-order valence-electron chi connectivity index (χ1n) is 6.03. The summed E-state index contributed by atoms with van der Waals surface area (Å²) >= 11 is 2.58. The van der Waals surface area contributed by atoms with Crippen molar-refractivity contribution in [1.82, 2.24) is 0 Å². The van der Waals surface area contributed by atoms with Crippen LogP contribution in [0.3, 0.4) is 0 Å². The smallest absolute Gasteiger partial charge is 0.0696 e. The van der Waals surface area contributed by atoms with Gasteiger partial charge in [-0.2, -0.15) is 0 Å². The van der Waals surface area contributed by atoms with Gasteiger partial charge in [0, 0.05) is 3.92 Å². The summed E-state index contributed by atoms with van der Waals surface area (Å²) in [5.74, 6) is 0. The lowest BCUT2D eigenvalue weighted by Gasteiger charge is -2.24. The van der Waals surface area contributed by atoms with Crippen molar-refractivity contribution in [1.29, 1.82) is 0 Å². The second kappa shape index (κ2) is 7.04. The average Bonchev–Trinajstić information content (AvgIpc) is 2.33. The average molecular weight is 310 g/mol. The van der Waals surface area contributed by atoms with Crippen LogP contribution in [-0.2, 0) is 4.74 Å². The molecule has 14 heavy (non-hydrogen) atoms. The molecule has 0 heterocycles. The van der Waals surface area contributed by atoms with Crippen molar-refractivity contribution in [2.24, 2.45) is 0 Å². The van der Waals surface area contributed by atoms with Crippen molar-refractivity contribution < 1.29 is 4.74 Å². The van der Waals surface area contributed by atoms with Gasteiger partial charge in [-0.25, -0.2) is 0 Å². The number of ether oxygens (including phenoxy) is 1. The van der Waals surface area contributed by atoms with Crippen LogP contribution in [0.15, 0.2) is 0 Å². The van der Waals surface area contributed by atoms with E-state index >= 15 is 0 Å². The van der Waals surface area contributed by atoms with E-state index in [4.69, 9.17) is 4.74 Å². The molecule has 2 heteroatoms. The van der Waals surface area contributed by atoms with E-state index in [1.54, 1.807) is 0 Å². The highest BCUT2D eigenvalue weighted by atomic mass is 127. The first-order valence-corrected chi connectivity index (χ1v) is 7.28. The van der Waals surface area contributed by atoms with Crippen molar-refractivity contribution in [2.75, 3.05) is 0 Å². The molecule has 0 amide bonds. The Labute approximate surface area is 102 Å². The molecule has 0 aromatic heterocycles. The summed E-state index contributed by atoms with van der Waals surface area (Å²) in [7, 11) is 0. The molecule has 0 radical (unpaired) electrons. The molecule has 1 nitrogen and oxygen atoms in total. The van der Waals surface area contributed by atoms with Gasteiger partial charge in [-0.05, 0) is 26.2 Å². The minimum Gasteiger partial charge on any atom is -0.374 e. The fourth-order valence-electron chi connectivity index (χ4n) is 2.15.